The van der Waals surface area contributed by atoms with Gasteiger partial charge in [0, 0.05) is 48.3 Å². The summed E-state index contributed by atoms with van der Waals surface area (Å²) in [5.74, 6) is 1.33. The van der Waals surface area contributed by atoms with E-state index in [1.165, 1.54) is 18.4 Å². The number of halogens is 1. The molecule has 1 fully saturated rings. The summed E-state index contributed by atoms with van der Waals surface area (Å²) in [5, 5.41) is 0. The minimum atomic E-state index is -0.249. The van der Waals surface area contributed by atoms with Gasteiger partial charge >= 0.3 is 0 Å². The van der Waals surface area contributed by atoms with Crippen LogP contribution < -0.4 is 4.74 Å². The fourth-order valence-electron chi connectivity index (χ4n) is 4.15. The number of hydrogen-bond acceptors (Lipinski definition) is 4. The summed E-state index contributed by atoms with van der Waals surface area (Å²) < 4.78 is 19.7. The summed E-state index contributed by atoms with van der Waals surface area (Å²) in [6.45, 7) is 4.85. The molecule has 2 aliphatic heterocycles. The van der Waals surface area contributed by atoms with Crippen LogP contribution in [0.4, 0.5) is 4.39 Å². The van der Waals surface area contributed by atoms with Gasteiger partial charge in [-0.2, -0.15) is 0 Å². The van der Waals surface area contributed by atoms with Gasteiger partial charge in [0.2, 0.25) is 0 Å². The molecule has 4 nitrogen and oxygen atoms in total. The number of nitrogens with zero attached hydrogens (tertiary/aromatic N) is 3. The molecule has 2 unspecified atom stereocenters. The Hall–Kier alpha value is -2.01. The van der Waals surface area contributed by atoms with Crippen molar-refractivity contribution < 1.29 is 9.13 Å². The summed E-state index contributed by atoms with van der Waals surface area (Å²) in [4.78, 5) is 11.8. The van der Waals surface area contributed by atoms with Crippen LogP contribution in [0.3, 0.4) is 0 Å². The van der Waals surface area contributed by atoms with E-state index in [9.17, 15) is 4.39 Å². The topological polar surface area (TPSA) is 38.2 Å². The van der Waals surface area contributed by atoms with Gasteiger partial charge in [-0.25, -0.2) is 14.4 Å². The number of hydrogen-bond donors (Lipinski definition) is 0. The summed E-state index contributed by atoms with van der Waals surface area (Å²) in [5.41, 5.74) is 3.11. The Labute approximate surface area is 148 Å². The summed E-state index contributed by atoms with van der Waals surface area (Å²) >= 11 is 0. The highest BCUT2D eigenvalue weighted by Gasteiger charge is 2.41. The highest BCUT2D eigenvalue weighted by Crippen LogP contribution is 2.44. The van der Waals surface area contributed by atoms with E-state index < -0.39 is 0 Å². The lowest BCUT2D eigenvalue weighted by molar-refractivity contribution is 0.163. The molecule has 2 aliphatic rings. The fraction of sp³-hybridized carbons (Fsp3) is 0.500. The van der Waals surface area contributed by atoms with Crippen LogP contribution in [0.5, 0.6) is 5.75 Å². The molecule has 1 aromatic carbocycles. The van der Waals surface area contributed by atoms with Gasteiger partial charge in [-0.3, -0.25) is 4.90 Å². The Balaban J connectivity index is 1.63. The summed E-state index contributed by atoms with van der Waals surface area (Å²) in [7, 11) is 1.51. The molecule has 0 amide bonds. The van der Waals surface area contributed by atoms with Crippen LogP contribution in [0.15, 0.2) is 24.4 Å². The predicted octanol–water partition coefficient (Wildman–Crippen LogP) is 4.01. The van der Waals surface area contributed by atoms with Gasteiger partial charge in [0.25, 0.3) is 0 Å². The zero-order valence-corrected chi connectivity index (χ0v) is 15.0. The second kappa shape index (κ2) is 6.37. The van der Waals surface area contributed by atoms with Crippen molar-refractivity contribution in [3.63, 3.8) is 0 Å². The van der Waals surface area contributed by atoms with E-state index in [0.29, 0.717) is 35.9 Å². The van der Waals surface area contributed by atoms with Crippen molar-refractivity contribution >= 4 is 0 Å². The van der Waals surface area contributed by atoms with Gasteiger partial charge < -0.3 is 4.74 Å². The van der Waals surface area contributed by atoms with Crippen molar-refractivity contribution in [2.75, 3.05) is 7.11 Å². The lowest BCUT2D eigenvalue weighted by atomic mass is 9.98. The largest absolute Gasteiger partial charge is 0.494 e. The molecule has 0 saturated carbocycles. The first-order valence-electron chi connectivity index (χ1n) is 9.01. The third-order valence-corrected chi connectivity index (χ3v) is 5.48. The highest BCUT2D eigenvalue weighted by atomic mass is 19.1. The van der Waals surface area contributed by atoms with Crippen LogP contribution >= 0.6 is 0 Å². The number of methoxy groups -OCH3 is 1. The number of fused-ring (bicyclic) bond motifs is 4. The van der Waals surface area contributed by atoms with E-state index in [4.69, 9.17) is 9.72 Å². The zero-order valence-electron chi connectivity index (χ0n) is 15.0. The SMILES string of the molecule is COc1cccc(CN2C3CCC2c2cnc(C(C)C)nc2C3)c1F. The number of ether oxygens (including phenoxy) is 1. The Morgan fingerprint density at radius 3 is 2.92 bits per heavy atom. The smallest absolute Gasteiger partial charge is 0.169 e. The standard InChI is InChI=1S/C20H24FN3O/c1-12(2)20-22-10-15-16(23-20)9-14-7-8-17(15)24(14)11-13-5-4-6-18(25-3)19(13)21/h4-6,10,12,14,17H,7-9,11H2,1-3H3. The molecule has 2 bridgehead atoms. The van der Waals surface area contributed by atoms with E-state index in [1.54, 1.807) is 6.07 Å². The second-order valence-electron chi connectivity index (χ2n) is 7.34. The highest BCUT2D eigenvalue weighted by molar-refractivity contribution is 5.33. The first kappa shape index (κ1) is 16.5. The first-order valence-corrected chi connectivity index (χ1v) is 9.01. The Morgan fingerprint density at radius 1 is 1.32 bits per heavy atom. The molecule has 132 valence electrons. The summed E-state index contributed by atoms with van der Waals surface area (Å²) in [6.07, 6.45) is 5.15. The van der Waals surface area contributed by atoms with Crippen LogP contribution in [0.25, 0.3) is 0 Å². The summed E-state index contributed by atoms with van der Waals surface area (Å²) in [6, 6.07) is 6.10. The lowest BCUT2D eigenvalue weighted by Gasteiger charge is -2.36. The van der Waals surface area contributed by atoms with Crippen molar-refractivity contribution in [1.82, 2.24) is 14.9 Å². The Kier molecular flexibility index (Phi) is 4.20. The van der Waals surface area contributed by atoms with Crippen LogP contribution in [0, 0.1) is 5.82 Å². The van der Waals surface area contributed by atoms with Crippen LogP contribution in [-0.4, -0.2) is 28.0 Å². The minimum Gasteiger partial charge on any atom is -0.494 e. The van der Waals surface area contributed by atoms with E-state index in [0.717, 1.165) is 25.1 Å². The molecule has 25 heavy (non-hydrogen) atoms. The van der Waals surface area contributed by atoms with Crippen molar-refractivity contribution in [2.45, 2.75) is 57.7 Å². The second-order valence-corrected chi connectivity index (χ2v) is 7.34. The van der Waals surface area contributed by atoms with Gasteiger partial charge in [0.1, 0.15) is 5.82 Å². The Bertz CT molecular complexity index is 793. The van der Waals surface area contributed by atoms with E-state index in [-0.39, 0.29) is 5.82 Å². The minimum absolute atomic E-state index is 0.249. The molecule has 2 atom stereocenters. The fourth-order valence-corrected chi connectivity index (χ4v) is 4.15. The van der Waals surface area contributed by atoms with E-state index in [1.807, 2.05) is 18.3 Å². The van der Waals surface area contributed by atoms with Crippen LogP contribution in [-0.2, 0) is 13.0 Å². The molecule has 4 rings (SSSR count). The molecule has 0 N–H and O–H groups in total. The quantitative estimate of drug-likeness (QED) is 0.842. The zero-order chi connectivity index (χ0) is 17.6. The van der Waals surface area contributed by atoms with Crippen molar-refractivity contribution in [2.24, 2.45) is 0 Å². The monoisotopic (exact) mass is 341 g/mol. The maximum Gasteiger partial charge on any atom is 0.169 e. The van der Waals surface area contributed by atoms with Gasteiger partial charge in [0.15, 0.2) is 11.6 Å². The van der Waals surface area contributed by atoms with Crippen molar-refractivity contribution in [3.05, 3.63) is 52.9 Å². The number of rotatable bonds is 4. The van der Waals surface area contributed by atoms with Gasteiger partial charge in [0.05, 0.1) is 12.8 Å². The predicted molar refractivity (Wildman–Crippen MR) is 94.1 cm³/mol. The molecule has 2 aromatic rings. The van der Waals surface area contributed by atoms with E-state index >= 15 is 0 Å². The molecule has 3 heterocycles. The molecule has 1 saturated heterocycles. The van der Waals surface area contributed by atoms with Gasteiger partial charge in [-0.15, -0.1) is 0 Å². The maximum absolute atomic E-state index is 14.6. The Morgan fingerprint density at radius 2 is 2.16 bits per heavy atom. The maximum atomic E-state index is 14.6. The van der Waals surface area contributed by atoms with E-state index in [2.05, 4.69) is 23.7 Å². The van der Waals surface area contributed by atoms with Crippen LogP contribution in [0.1, 0.15) is 61.3 Å². The average molecular weight is 341 g/mol. The van der Waals surface area contributed by atoms with Crippen LogP contribution in [0.2, 0.25) is 0 Å². The lowest BCUT2D eigenvalue weighted by Crippen LogP contribution is -2.38. The average Bonchev–Trinajstić information content (AvgIpc) is 2.88. The molecule has 0 aliphatic carbocycles. The third kappa shape index (κ3) is 2.80. The molecular formula is C20H24FN3O. The molecular weight excluding hydrogens is 317 g/mol. The molecule has 5 heteroatoms. The first-order chi connectivity index (χ1) is 12.1. The van der Waals surface area contributed by atoms with Gasteiger partial charge in [-0.1, -0.05) is 26.0 Å². The molecule has 1 aromatic heterocycles. The normalized spacial score (nSPS) is 22.3. The van der Waals surface area contributed by atoms with Gasteiger partial charge in [-0.05, 0) is 18.9 Å². The molecule has 0 spiro atoms. The number of benzene rings is 1. The van der Waals surface area contributed by atoms with Crippen molar-refractivity contribution in [1.29, 1.82) is 0 Å². The third-order valence-electron chi connectivity index (χ3n) is 5.48. The molecule has 0 radical (unpaired) electrons. The van der Waals surface area contributed by atoms with Crippen molar-refractivity contribution in [3.8, 4) is 5.75 Å². The number of aromatic nitrogens is 2.